The third-order valence-electron chi connectivity index (χ3n) is 3.19. The van der Waals surface area contributed by atoms with Gasteiger partial charge in [0.1, 0.15) is 5.82 Å². The minimum atomic E-state index is 0.477. The fourth-order valence-corrected chi connectivity index (χ4v) is 2.47. The lowest BCUT2D eigenvalue weighted by Crippen LogP contribution is -2.15. The summed E-state index contributed by atoms with van der Waals surface area (Å²) in [7, 11) is 3.99. The standard InChI is InChI=1S/C14H18ClN3/c1-10-5-7-12(8-6-10)17(3)14-13(9-15)11(2)16-18(14)4/h5-8H,9H2,1-4H3. The highest BCUT2D eigenvalue weighted by molar-refractivity contribution is 6.17. The summed E-state index contributed by atoms with van der Waals surface area (Å²) in [6.45, 7) is 4.08. The number of hydrogen-bond donors (Lipinski definition) is 0. The quantitative estimate of drug-likeness (QED) is 0.790. The Hall–Kier alpha value is -1.48. The van der Waals surface area contributed by atoms with E-state index < -0.39 is 0 Å². The summed E-state index contributed by atoms with van der Waals surface area (Å²) in [5, 5.41) is 4.44. The van der Waals surface area contributed by atoms with E-state index in [0.29, 0.717) is 5.88 Å². The molecule has 0 spiro atoms. The Labute approximate surface area is 113 Å². The van der Waals surface area contributed by atoms with Gasteiger partial charge >= 0.3 is 0 Å². The molecule has 0 aliphatic heterocycles. The second-order valence-electron chi connectivity index (χ2n) is 4.54. The average Bonchev–Trinajstić information content (AvgIpc) is 2.63. The molecular formula is C14H18ClN3. The molecule has 2 rings (SSSR count). The van der Waals surface area contributed by atoms with Crippen molar-refractivity contribution in [2.45, 2.75) is 19.7 Å². The van der Waals surface area contributed by atoms with Gasteiger partial charge in [0.15, 0.2) is 0 Å². The number of aryl methyl sites for hydroxylation is 3. The Morgan fingerprint density at radius 3 is 2.39 bits per heavy atom. The second-order valence-corrected chi connectivity index (χ2v) is 4.81. The third-order valence-corrected chi connectivity index (χ3v) is 3.45. The lowest BCUT2D eigenvalue weighted by Gasteiger charge is -2.21. The summed E-state index contributed by atoms with van der Waals surface area (Å²) in [6, 6.07) is 8.43. The fourth-order valence-electron chi connectivity index (χ4n) is 2.16. The molecule has 96 valence electrons. The van der Waals surface area contributed by atoms with Gasteiger partial charge in [-0.1, -0.05) is 17.7 Å². The number of halogens is 1. The van der Waals surface area contributed by atoms with Crippen LogP contribution in [0.1, 0.15) is 16.8 Å². The van der Waals surface area contributed by atoms with E-state index in [1.54, 1.807) is 0 Å². The molecule has 0 saturated heterocycles. The predicted octanol–water partition coefficient (Wildman–Crippen LogP) is 3.54. The summed E-state index contributed by atoms with van der Waals surface area (Å²) in [5.74, 6) is 1.52. The van der Waals surface area contributed by atoms with Gasteiger partial charge in [-0.05, 0) is 26.0 Å². The Balaban J connectivity index is 2.45. The zero-order chi connectivity index (χ0) is 13.3. The molecule has 1 heterocycles. The molecule has 4 heteroatoms. The summed E-state index contributed by atoms with van der Waals surface area (Å²) >= 11 is 6.03. The molecule has 0 aliphatic rings. The van der Waals surface area contributed by atoms with Gasteiger partial charge in [0.2, 0.25) is 0 Å². The molecule has 0 fully saturated rings. The number of benzene rings is 1. The van der Waals surface area contributed by atoms with E-state index in [-0.39, 0.29) is 0 Å². The van der Waals surface area contributed by atoms with E-state index in [1.165, 1.54) is 5.56 Å². The summed E-state index contributed by atoms with van der Waals surface area (Å²) in [4.78, 5) is 2.12. The summed E-state index contributed by atoms with van der Waals surface area (Å²) in [5.41, 5.74) is 4.46. The van der Waals surface area contributed by atoms with Crippen LogP contribution in [0.4, 0.5) is 11.5 Å². The number of anilines is 2. The first-order valence-electron chi connectivity index (χ1n) is 5.93. The normalized spacial score (nSPS) is 10.7. The molecule has 0 amide bonds. The monoisotopic (exact) mass is 263 g/mol. The molecule has 1 aromatic carbocycles. The van der Waals surface area contributed by atoms with Gasteiger partial charge in [-0.15, -0.1) is 11.6 Å². The smallest absolute Gasteiger partial charge is 0.135 e. The van der Waals surface area contributed by atoms with Crippen molar-refractivity contribution in [1.82, 2.24) is 9.78 Å². The molecule has 0 saturated carbocycles. The van der Waals surface area contributed by atoms with Gasteiger partial charge in [-0.25, -0.2) is 0 Å². The van der Waals surface area contributed by atoms with Crippen LogP contribution in [-0.4, -0.2) is 16.8 Å². The molecule has 0 aliphatic carbocycles. The number of alkyl halides is 1. The number of nitrogens with zero attached hydrogens (tertiary/aromatic N) is 3. The predicted molar refractivity (Wildman–Crippen MR) is 76.7 cm³/mol. The molecular weight excluding hydrogens is 246 g/mol. The Morgan fingerprint density at radius 2 is 1.83 bits per heavy atom. The zero-order valence-electron chi connectivity index (χ0n) is 11.2. The largest absolute Gasteiger partial charge is 0.329 e. The van der Waals surface area contributed by atoms with Crippen molar-refractivity contribution < 1.29 is 0 Å². The Bertz CT molecular complexity index is 543. The highest BCUT2D eigenvalue weighted by Crippen LogP contribution is 2.29. The van der Waals surface area contributed by atoms with E-state index in [0.717, 1.165) is 22.8 Å². The van der Waals surface area contributed by atoms with Crippen molar-refractivity contribution in [3.8, 4) is 0 Å². The first-order valence-corrected chi connectivity index (χ1v) is 6.47. The Morgan fingerprint density at radius 1 is 1.22 bits per heavy atom. The maximum absolute atomic E-state index is 6.03. The average molecular weight is 264 g/mol. The molecule has 18 heavy (non-hydrogen) atoms. The van der Waals surface area contributed by atoms with E-state index in [4.69, 9.17) is 11.6 Å². The zero-order valence-corrected chi connectivity index (χ0v) is 12.0. The van der Waals surface area contributed by atoms with Crippen LogP contribution in [-0.2, 0) is 12.9 Å². The van der Waals surface area contributed by atoms with Crippen molar-refractivity contribution in [2.24, 2.45) is 7.05 Å². The first-order chi connectivity index (χ1) is 8.54. The number of rotatable bonds is 3. The maximum Gasteiger partial charge on any atom is 0.135 e. The lowest BCUT2D eigenvalue weighted by atomic mass is 10.2. The number of aromatic nitrogens is 2. The van der Waals surface area contributed by atoms with E-state index in [2.05, 4.69) is 41.2 Å². The van der Waals surface area contributed by atoms with E-state index >= 15 is 0 Å². The van der Waals surface area contributed by atoms with Gasteiger partial charge in [0, 0.05) is 25.3 Å². The molecule has 0 radical (unpaired) electrons. The van der Waals surface area contributed by atoms with Crippen LogP contribution >= 0.6 is 11.6 Å². The fraction of sp³-hybridized carbons (Fsp3) is 0.357. The van der Waals surface area contributed by atoms with Gasteiger partial charge in [0.05, 0.1) is 11.6 Å². The molecule has 0 unspecified atom stereocenters. The van der Waals surface area contributed by atoms with Gasteiger partial charge in [-0.3, -0.25) is 4.68 Å². The maximum atomic E-state index is 6.03. The molecule has 0 atom stereocenters. The van der Waals surface area contributed by atoms with Gasteiger partial charge < -0.3 is 4.90 Å². The van der Waals surface area contributed by atoms with Crippen LogP contribution in [0, 0.1) is 13.8 Å². The minimum absolute atomic E-state index is 0.477. The van der Waals surface area contributed by atoms with Crippen LogP contribution in [0.3, 0.4) is 0 Å². The summed E-state index contributed by atoms with van der Waals surface area (Å²) < 4.78 is 1.88. The van der Waals surface area contributed by atoms with Crippen LogP contribution in [0.5, 0.6) is 0 Å². The highest BCUT2D eigenvalue weighted by atomic mass is 35.5. The molecule has 1 aromatic heterocycles. The summed E-state index contributed by atoms with van der Waals surface area (Å²) in [6.07, 6.45) is 0. The van der Waals surface area contributed by atoms with Gasteiger partial charge in [0.25, 0.3) is 0 Å². The van der Waals surface area contributed by atoms with Crippen molar-refractivity contribution in [3.63, 3.8) is 0 Å². The van der Waals surface area contributed by atoms with Crippen molar-refractivity contribution in [1.29, 1.82) is 0 Å². The van der Waals surface area contributed by atoms with Crippen molar-refractivity contribution in [3.05, 3.63) is 41.1 Å². The molecule has 3 nitrogen and oxygen atoms in total. The third kappa shape index (κ3) is 2.23. The number of hydrogen-bond acceptors (Lipinski definition) is 2. The van der Waals surface area contributed by atoms with E-state index in [1.807, 2.05) is 25.7 Å². The molecule has 0 bridgehead atoms. The molecule has 0 N–H and O–H groups in total. The minimum Gasteiger partial charge on any atom is -0.329 e. The van der Waals surface area contributed by atoms with Gasteiger partial charge in [-0.2, -0.15) is 5.10 Å². The SMILES string of the molecule is Cc1ccc(N(C)c2c(CCl)c(C)nn2C)cc1. The molecule has 2 aromatic rings. The van der Waals surface area contributed by atoms with Crippen LogP contribution in [0.2, 0.25) is 0 Å². The van der Waals surface area contributed by atoms with Crippen molar-refractivity contribution in [2.75, 3.05) is 11.9 Å². The second kappa shape index (κ2) is 5.02. The van der Waals surface area contributed by atoms with Crippen LogP contribution < -0.4 is 4.90 Å². The van der Waals surface area contributed by atoms with Crippen LogP contribution in [0.15, 0.2) is 24.3 Å². The lowest BCUT2D eigenvalue weighted by molar-refractivity contribution is 0.750. The first kappa shape index (κ1) is 13.0. The highest BCUT2D eigenvalue weighted by Gasteiger charge is 2.16. The van der Waals surface area contributed by atoms with Crippen LogP contribution in [0.25, 0.3) is 0 Å². The van der Waals surface area contributed by atoms with E-state index in [9.17, 15) is 0 Å². The Kier molecular flexibility index (Phi) is 3.62. The van der Waals surface area contributed by atoms with Crippen molar-refractivity contribution >= 4 is 23.1 Å². The topological polar surface area (TPSA) is 21.1 Å².